The molecule has 0 unspecified atom stereocenters. The average Bonchev–Trinajstić information content (AvgIpc) is 3.19. The van der Waals surface area contributed by atoms with E-state index in [1.54, 1.807) is 11.8 Å². The molecule has 0 heterocycles. The highest BCUT2D eigenvalue weighted by Crippen LogP contribution is 2.27. The minimum atomic E-state index is -0.156. The first-order valence-electron chi connectivity index (χ1n) is 6.49. The predicted octanol–water partition coefficient (Wildman–Crippen LogP) is 3.36. The van der Waals surface area contributed by atoms with Crippen molar-refractivity contribution in [2.45, 2.75) is 37.2 Å². The summed E-state index contributed by atoms with van der Waals surface area (Å²) in [4.78, 5) is 12.5. The van der Waals surface area contributed by atoms with Crippen molar-refractivity contribution in [2.24, 2.45) is 0 Å². The van der Waals surface area contributed by atoms with Gasteiger partial charge in [-0.2, -0.15) is 0 Å². The van der Waals surface area contributed by atoms with Crippen molar-refractivity contribution in [1.82, 2.24) is 5.32 Å². The Morgan fingerprint density at radius 1 is 1.53 bits per heavy atom. The third-order valence-electron chi connectivity index (χ3n) is 2.83. The van der Waals surface area contributed by atoms with Crippen LogP contribution in [-0.4, -0.2) is 24.4 Å². The molecule has 104 valence electrons. The number of benzene rings is 1. The van der Waals surface area contributed by atoms with Gasteiger partial charge in [-0.05, 0) is 43.5 Å². The minimum absolute atomic E-state index is 0.156. The van der Waals surface area contributed by atoms with Crippen molar-refractivity contribution >= 4 is 33.7 Å². The third-order valence-corrected chi connectivity index (χ3v) is 4.41. The lowest BCUT2D eigenvalue weighted by atomic mass is 10.2. The normalized spacial score (nSPS) is 14.4. The second-order valence-electron chi connectivity index (χ2n) is 4.50. The minimum Gasteiger partial charge on any atom is -0.465 e. The largest absolute Gasteiger partial charge is 0.465 e. The zero-order chi connectivity index (χ0) is 13.7. The van der Waals surface area contributed by atoms with Crippen LogP contribution in [0.15, 0.2) is 27.6 Å². The van der Waals surface area contributed by atoms with E-state index in [0.717, 1.165) is 15.9 Å². The summed E-state index contributed by atoms with van der Waals surface area (Å²) in [6, 6.07) is 6.86. The maximum atomic E-state index is 11.4. The molecule has 2 rings (SSSR count). The van der Waals surface area contributed by atoms with Crippen LogP contribution >= 0.6 is 27.7 Å². The molecule has 0 aliphatic heterocycles. The van der Waals surface area contributed by atoms with Crippen molar-refractivity contribution in [3.8, 4) is 0 Å². The Labute approximate surface area is 126 Å². The number of ether oxygens (including phenoxy) is 1. The number of thioether (sulfide) groups is 1. The number of hydrogen-bond acceptors (Lipinski definition) is 4. The van der Waals surface area contributed by atoms with E-state index in [4.69, 9.17) is 4.74 Å². The molecule has 0 atom stereocenters. The van der Waals surface area contributed by atoms with E-state index in [0.29, 0.717) is 18.4 Å². The summed E-state index contributed by atoms with van der Waals surface area (Å²) in [5, 5.41) is 3.50. The molecule has 0 radical (unpaired) electrons. The zero-order valence-corrected chi connectivity index (χ0v) is 13.4. The van der Waals surface area contributed by atoms with Gasteiger partial charge >= 0.3 is 5.97 Å². The molecule has 0 spiro atoms. The first kappa shape index (κ1) is 14.9. The number of carbonyl (C=O) groups is 1. The molecule has 0 amide bonds. The van der Waals surface area contributed by atoms with Gasteiger partial charge in [0.15, 0.2) is 0 Å². The van der Waals surface area contributed by atoms with Crippen LogP contribution in [0.2, 0.25) is 0 Å². The fourth-order valence-electron chi connectivity index (χ4n) is 1.71. The van der Waals surface area contributed by atoms with Gasteiger partial charge < -0.3 is 10.1 Å². The van der Waals surface area contributed by atoms with Crippen LogP contribution in [0.5, 0.6) is 0 Å². The SMILES string of the molecule is CCOC(=O)CSc1ccc(Br)cc1CNC1CC1. The van der Waals surface area contributed by atoms with Gasteiger partial charge in [-0.3, -0.25) is 4.79 Å². The number of halogens is 1. The third kappa shape index (κ3) is 5.16. The maximum absolute atomic E-state index is 11.4. The van der Waals surface area contributed by atoms with Gasteiger partial charge in [-0.25, -0.2) is 0 Å². The molecule has 1 N–H and O–H groups in total. The highest BCUT2D eigenvalue weighted by molar-refractivity contribution is 9.10. The van der Waals surface area contributed by atoms with Gasteiger partial charge in [0.05, 0.1) is 12.4 Å². The highest BCUT2D eigenvalue weighted by Gasteiger charge is 2.20. The van der Waals surface area contributed by atoms with Gasteiger partial charge in [0.2, 0.25) is 0 Å². The van der Waals surface area contributed by atoms with Gasteiger partial charge in [0.1, 0.15) is 0 Å². The van der Waals surface area contributed by atoms with Crippen LogP contribution in [0.3, 0.4) is 0 Å². The molecular formula is C14H18BrNO2S. The smallest absolute Gasteiger partial charge is 0.316 e. The van der Waals surface area contributed by atoms with Crippen molar-refractivity contribution in [3.63, 3.8) is 0 Å². The Kier molecular flexibility index (Phi) is 5.73. The Bertz CT molecular complexity index is 449. The van der Waals surface area contributed by atoms with E-state index in [1.165, 1.54) is 18.4 Å². The van der Waals surface area contributed by atoms with Gasteiger partial charge in [-0.15, -0.1) is 11.8 Å². The molecule has 0 bridgehead atoms. The topological polar surface area (TPSA) is 38.3 Å². The van der Waals surface area contributed by atoms with E-state index < -0.39 is 0 Å². The lowest BCUT2D eigenvalue weighted by molar-refractivity contribution is -0.139. The van der Waals surface area contributed by atoms with Crippen LogP contribution < -0.4 is 5.32 Å². The molecule has 1 aliphatic rings. The molecule has 19 heavy (non-hydrogen) atoms. The number of nitrogens with one attached hydrogen (secondary N) is 1. The maximum Gasteiger partial charge on any atom is 0.316 e. The Balaban J connectivity index is 1.94. The van der Waals surface area contributed by atoms with Crippen LogP contribution in [-0.2, 0) is 16.1 Å². The van der Waals surface area contributed by atoms with Crippen LogP contribution in [0.1, 0.15) is 25.3 Å². The monoisotopic (exact) mass is 343 g/mol. The standard InChI is InChI=1S/C14H18BrNO2S/c1-2-18-14(17)9-19-13-6-3-11(15)7-10(13)8-16-12-4-5-12/h3,6-7,12,16H,2,4-5,8-9H2,1H3. The van der Waals surface area contributed by atoms with Crippen LogP contribution in [0.4, 0.5) is 0 Å². The van der Waals surface area contributed by atoms with Crippen molar-refractivity contribution in [1.29, 1.82) is 0 Å². The molecule has 1 saturated carbocycles. The van der Waals surface area contributed by atoms with E-state index in [1.807, 2.05) is 13.0 Å². The quantitative estimate of drug-likeness (QED) is 0.608. The first-order chi connectivity index (χ1) is 9.19. The number of hydrogen-bond donors (Lipinski definition) is 1. The molecular weight excluding hydrogens is 326 g/mol. The molecule has 1 aliphatic carbocycles. The number of rotatable bonds is 7. The lowest BCUT2D eigenvalue weighted by Gasteiger charge is -2.10. The lowest BCUT2D eigenvalue weighted by Crippen LogP contribution is -2.16. The van der Waals surface area contributed by atoms with Gasteiger partial charge in [-0.1, -0.05) is 15.9 Å². The van der Waals surface area contributed by atoms with E-state index >= 15 is 0 Å². The molecule has 1 aromatic rings. The summed E-state index contributed by atoms with van der Waals surface area (Å²) in [6.45, 7) is 3.12. The Hall–Kier alpha value is -0.520. The second-order valence-corrected chi connectivity index (χ2v) is 6.43. The molecule has 0 saturated heterocycles. The molecule has 5 heteroatoms. The molecule has 0 aromatic heterocycles. The fourth-order valence-corrected chi connectivity index (χ4v) is 2.95. The van der Waals surface area contributed by atoms with E-state index in [2.05, 4.69) is 33.4 Å². The van der Waals surface area contributed by atoms with Crippen LogP contribution in [0, 0.1) is 0 Å². The van der Waals surface area contributed by atoms with Crippen LogP contribution in [0.25, 0.3) is 0 Å². The molecule has 1 aromatic carbocycles. The number of esters is 1. The van der Waals surface area contributed by atoms with Gasteiger partial charge in [0, 0.05) is 22.0 Å². The molecule has 3 nitrogen and oxygen atoms in total. The van der Waals surface area contributed by atoms with E-state index in [9.17, 15) is 4.79 Å². The van der Waals surface area contributed by atoms with E-state index in [-0.39, 0.29) is 5.97 Å². The summed E-state index contributed by atoms with van der Waals surface area (Å²) < 4.78 is 6.02. The summed E-state index contributed by atoms with van der Waals surface area (Å²) in [6.07, 6.45) is 2.55. The first-order valence-corrected chi connectivity index (χ1v) is 8.27. The van der Waals surface area contributed by atoms with Crippen molar-refractivity contribution in [2.75, 3.05) is 12.4 Å². The number of carbonyl (C=O) groups excluding carboxylic acids is 1. The summed E-state index contributed by atoms with van der Waals surface area (Å²) in [7, 11) is 0. The summed E-state index contributed by atoms with van der Waals surface area (Å²) in [5.74, 6) is 0.211. The Morgan fingerprint density at radius 3 is 3.00 bits per heavy atom. The predicted molar refractivity (Wildman–Crippen MR) is 81.4 cm³/mol. The highest BCUT2D eigenvalue weighted by atomic mass is 79.9. The summed E-state index contributed by atoms with van der Waals surface area (Å²) in [5.41, 5.74) is 1.23. The fraction of sp³-hybridized carbons (Fsp3) is 0.500. The van der Waals surface area contributed by atoms with Crippen molar-refractivity contribution < 1.29 is 9.53 Å². The van der Waals surface area contributed by atoms with Crippen molar-refractivity contribution in [3.05, 3.63) is 28.2 Å². The Morgan fingerprint density at radius 2 is 2.32 bits per heavy atom. The van der Waals surface area contributed by atoms with Gasteiger partial charge in [0.25, 0.3) is 0 Å². The second kappa shape index (κ2) is 7.31. The average molecular weight is 344 g/mol. The zero-order valence-electron chi connectivity index (χ0n) is 10.9. The summed E-state index contributed by atoms with van der Waals surface area (Å²) >= 11 is 5.04. The molecule has 1 fully saturated rings.